The molecule has 0 aromatic carbocycles. The van der Waals surface area contributed by atoms with Gasteiger partial charge in [0.05, 0.1) is 6.20 Å². The molecule has 1 aromatic heterocycles. The third-order valence-electron chi connectivity index (χ3n) is 2.65. The van der Waals surface area contributed by atoms with Gasteiger partial charge in [-0.3, -0.25) is 4.68 Å². The number of nitrogens with one attached hydrogen (secondary N) is 1. The molecule has 74 valence electrons. The average molecular weight is 181 g/mol. The molecule has 0 atom stereocenters. The molecule has 0 unspecified atom stereocenters. The maximum absolute atomic E-state index is 4.22. The highest BCUT2D eigenvalue weighted by molar-refractivity contribution is 5.18. The van der Waals surface area contributed by atoms with E-state index in [1.54, 1.807) is 0 Å². The van der Waals surface area contributed by atoms with Gasteiger partial charge in [0.2, 0.25) is 0 Å². The molecule has 1 rings (SSSR count). The van der Waals surface area contributed by atoms with E-state index in [9.17, 15) is 0 Å². The second kappa shape index (κ2) is 3.50. The highest BCUT2D eigenvalue weighted by Crippen LogP contribution is 2.14. The first-order valence-electron chi connectivity index (χ1n) is 4.62. The molecule has 0 aliphatic rings. The van der Waals surface area contributed by atoms with Crippen LogP contribution in [0.25, 0.3) is 0 Å². The molecule has 0 aliphatic heterocycles. The van der Waals surface area contributed by atoms with Crippen LogP contribution >= 0.6 is 0 Å². The molecule has 0 amide bonds. The summed E-state index contributed by atoms with van der Waals surface area (Å²) in [6.07, 6.45) is 2.97. The summed E-state index contributed by atoms with van der Waals surface area (Å²) in [6.45, 7) is 6.49. The Labute approximate surface area is 80.1 Å². The summed E-state index contributed by atoms with van der Waals surface area (Å²) in [5.74, 6) is 0. The fraction of sp³-hybridized carbons (Fsp3) is 0.700. The van der Waals surface area contributed by atoms with E-state index in [2.05, 4.69) is 31.2 Å². The number of rotatable bonds is 3. The molecule has 3 nitrogen and oxygen atoms in total. The van der Waals surface area contributed by atoms with Crippen LogP contribution < -0.4 is 5.32 Å². The Morgan fingerprint density at radius 2 is 2.15 bits per heavy atom. The molecule has 3 heteroatoms. The predicted octanol–water partition coefficient (Wildman–Crippen LogP) is 1.27. The molecule has 0 saturated heterocycles. The van der Waals surface area contributed by atoms with E-state index in [4.69, 9.17) is 0 Å². The van der Waals surface area contributed by atoms with Gasteiger partial charge in [-0.25, -0.2) is 0 Å². The molecular weight excluding hydrogens is 162 g/mol. The molecule has 0 saturated carbocycles. The normalized spacial score (nSPS) is 12.1. The highest BCUT2D eigenvalue weighted by atomic mass is 15.3. The average Bonchev–Trinajstić information content (AvgIpc) is 2.36. The van der Waals surface area contributed by atoms with E-state index < -0.39 is 0 Å². The Hall–Kier alpha value is -0.830. The lowest BCUT2D eigenvalue weighted by Crippen LogP contribution is -2.38. The van der Waals surface area contributed by atoms with Crippen LogP contribution in [-0.2, 0) is 13.5 Å². The van der Waals surface area contributed by atoms with Crippen molar-refractivity contribution >= 4 is 0 Å². The van der Waals surface area contributed by atoms with E-state index in [0.29, 0.717) is 0 Å². The van der Waals surface area contributed by atoms with Gasteiger partial charge in [-0.15, -0.1) is 0 Å². The lowest BCUT2D eigenvalue weighted by Gasteiger charge is -2.23. The van der Waals surface area contributed by atoms with Gasteiger partial charge in [0.15, 0.2) is 0 Å². The minimum atomic E-state index is 0.147. The number of likely N-dealkylation sites (N-methyl/N-ethyl adjacent to an activating group) is 1. The summed E-state index contributed by atoms with van der Waals surface area (Å²) in [5, 5.41) is 7.51. The molecule has 0 bridgehead atoms. The van der Waals surface area contributed by atoms with E-state index in [0.717, 1.165) is 6.42 Å². The van der Waals surface area contributed by atoms with Crippen molar-refractivity contribution in [1.29, 1.82) is 0 Å². The van der Waals surface area contributed by atoms with Crippen molar-refractivity contribution < 1.29 is 0 Å². The molecule has 0 radical (unpaired) electrons. The number of aromatic nitrogens is 2. The molecule has 0 spiro atoms. The molecule has 13 heavy (non-hydrogen) atoms. The van der Waals surface area contributed by atoms with Crippen molar-refractivity contribution in [3.05, 3.63) is 17.5 Å². The van der Waals surface area contributed by atoms with E-state index in [1.807, 2.05) is 25.0 Å². The fourth-order valence-corrected chi connectivity index (χ4v) is 1.28. The first-order chi connectivity index (χ1) is 5.96. The zero-order chi connectivity index (χ0) is 10.1. The minimum absolute atomic E-state index is 0.147. The second-order valence-electron chi connectivity index (χ2n) is 4.19. The summed E-state index contributed by atoms with van der Waals surface area (Å²) in [5.41, 5.74) is 2.72. The second-order valence-corrected chi connectivity index (χ2v) is 4.19. The van der Waals surface area contributed by atoms with Crippen LogP contribution in [0.15, 0.2) is 6.20 Å². The van der Waals surface area contributed by atoms with Crippen LogP contribution in [0.4, 0.5) is 0 Å². The maximum Gasteiger partial charge on any atom is 0.0525 e. The van der Waals surface area contributed by atoms with Crippen molar-refractivity contribution in [2.75, 3.05) is 7.05 Å². The molecule has 1 aromatic rings. The quantitative estimate of drug-likeness (QED) is 0.761. The SMILES string of the molecule is CNC(C)(C)Cc1cnn(C)c1C. The Kier molecular flexibility index (Phi) is 2.76. The van der Waals surface area contributed by atoms with Crippen molar-refractivity contribution in [3.63, 3.8) is 0 Å². The molecule has 0 aliphatic carbocycles. The zero-order valence-electron chi connectivity index (χ0n) is 9.18. The Bertz CT molecular complexity index is 286. The zero-order valence-corrected chi connectivity index (χ0v) is 9.18. The Morgan fingerprint density at radius 1 is 1.54 bits per heavy atom. The summed E-state index contributed by atoms with van der Waals surface area (Å²) in [4.78, 5) is 0. The number of hydrogen-bond acceptors (Lipinski definition) is 2. The van der Waals surface area contributed by atoms with E-state index in [1.165, 1.54) is 11.3 Å². The standard InChI is InChI=1S/C10H19N3/c1-8-9(7-12-13(8)5)6-10(2,3)11-4/h7,11H,6H2,1-5H3. The van der Waals surface area contributed by atoms with E-state index in [-0.39, 0.29) is 5.54 Å². The van der Waals surface area contributed by atoms with Crippen molar-refractivity contribution in [2.24, 2.45) is 7.05 Å². The fourth-order valence-electron chi connectivity index (χ4n) is 1.28. The molecular formula is C10H19N3. The van der Waals surface area contributed by atoms with Gasteiger partial charge in [0.25, 0.3) is 0 Å². The van der Waals surface area contributed by atoms with Gasteiger partial charge in [0, 0.05) is 18.3 Å². The van der Waals surface area contributed by atoms with Crippen LogP contribution in [0.3, 0.4) is 0 Å². The summed E-state index contributed by atoms with van der Waals surface area (Å²) >= 11 is 0. The number of hydrogen-bond donors (Lipinski definition) is 1. The summed E-state index contributed by atoms with van der Waals surface area (Å²) in [6, 6.07) is 0. The molecule has 1 heterocycles. The van der Waals surface area contributed by atoms with Crippen LogP contribution in [0.2, 0.25) is 0 Å². The van der Waals surface area contributed by atoms with E-state index >= 15 is 0 Å². The highest BCUT2D eigenvalue weighted by Gasteiger charge is 2.17. The summed E-state index contributed by atoms with van der Waals surface area (Å²) < 4.78 is 1.92. The third kappa shape index (κ3) is 2.31. The van der Waals surface area contributed by atoms with Crippen molar-refractivity contribution in [2.45, 2.75) is 32.7 Å². The number of nitrogens with zero attached hydrogens (tertiary/aromatic N) is 2. The van der Waals surface area contributed by atoms with Crippen molar-refractivity contribution in [3.8, 4) is 0 Å². The Balaban J connectivity index is 2.80. The molecule has 0 fully saturated rings. The predicted molar refractivity (Wildman–Crippen MR) is 54.8 cm³/mol. The van der Waals surface area contributed by atoms with Crippen molar-refractivity contribution in [1.82, 2.24) is 15.1 Å². The topological polar surface area (TPSA) is 29.9 Å². The van der Waals surface area contributed by atoms with Crippen LogP contribution in [0.5, 0.6) is 0 Å². The first-order valence-corrected chi connectivity index (χ1v) is 4.62. The third-order valence-corrected chi connectivity index (χ3v) is 2.65. The van der Waals surface area contributed by atoms with Gasteiger partial charge >= 0.3 is 0 Å². The minimum Gasteiger partial charge on any atom is -0.314 e. The monoisotopic (exact) mass is 181 g/mol. The first kappa shape index (κ1) is 10.3. The smallest absolute Gasteiger partial charge is 0.0525 e. The van der Waals surface area contributed by atoms with Gasteiger partial charge in [0.1, 0.15) is 0 Å². The lowest BCUT2D eigenvalue weighted by atomic mass is 9.96. The van der Waals surface area contributed by atoms with Gasteiger partial charge < -0.3 is 5.32 Å². The summed E-state index contributed by atoms with van der Waals surface area (Å²) in [7, 11) is 3.97. The maximum atomic E-state index is 4.22. The van der Waals surface area contributed by atoms with Crippen LogP contribution in [0.1, 0.15) is 25.1 Å². The van der Waals surface area contributed by atoms with Gasteiger partial charge in [-0.1, -0.05) is 0 Å². The van der Waals surface area contributed by atoms with Gasteiger partial charge in [-0.05, 0) is 39.8 Å². The molecule has 1 N–H and O–H groups in total. The van der Waals surface area contributed by atoms with Gasteiger partial charge in [-0.2, -0.15) is 5.10 Å². The largest absolute Gasteiger partial charge is 0.314 e. The van der Waals surface area contributed by atoms with Crippen LogP contribution in [-0.4, -0.2) is 22.4 Å². The number of aryl methyl sites for hydroxylation is 1. The lowest BCUT2D eigenvalue weighted by molar-refractivity contribution is 0.421. The Morgan fingerprint density at radius 3 is 2.54 bits per heavy atom. The van der Waals surface area contributed by atoms with Crippen LogP contribution in [0, 0.1) is 6.92 Å².